The third-order valence-electron chi connectivity index (χ3n) is 7.18. The van der Waals surface area contributed by atoms with Crippen molar-refractivity contribution in [2.75, 3.05) is 11.4 Å². The van der Waals surface area contributed by atoms with E-state index in [1.807, 2.05) is 6.07 Å². The third kappa shape index (κ3) is 3.04. The van der Waals surface area contributed by atoms with Crippen molar-refractivity contribution in [2.45, 2.75) is 49.4 Å². The quantitative estimate of drug-likeness (QED) is 0.581. The Balaban J connectivity index is 1.26. The van der Waals surface area contributed by atoms with Gasteiger partial charge in [0.15, 0.2) is 0 Å². The summed E-state index contributed by atoms with van der Waals surface area (Å²) in [6.07, 6.45) is 3.23. The zero-order valence-electron chi connectivity index (χ0n) is 17.8. The van der Waals surface area contributed by atoms with Crippen molar-refractivity contribution in [1.29, 1.82) is 0 Å². The molecule has 2 bridgehead atoms. The third-order valence-corrected chi connectivity index (χ3v) is 7.18. The summed E-state index contributed by atoms with van der Waals surface area (Å²) in [6, 6.07) is 2.04. The summed E-state index contributed by atoms with van der Waals surface area (Å²) < 4.78 is 45.7. The van der Waals surface area contributed by atoms with Crippen LogP contribution in [0.3, 0.4) is 0 Å². The molecular weight excluding hydrogens is 453 g/mol. The number of fused-ring (bicyclic) bond motifs is 3. The second kappa shape index (κ2) is 6.90. The number of nitrogens with zero attached hydrogens (tertiary/aromatic N) is 5. The van der Waals surface area contributed by atoms with E-state index in [2.05, 4.69) is 19.9 Å². The summed E-state index contributed by atoms with van der Waals surface area (Å²) in [5.41, 5.74) is -1.69. The Bertz CT molecular complexity index is 1310. The minimum atomic E-state index is -4.60. The van der Waals surface area contributed by atoms with E-state index in [1.165, 1.54) is 11.2 Å². The van der Waals surface area contributed by atoms with E-state index in [0.717, 1.165) is 22.5 Å². The number of ether oxygens (including phenoxy) is 1. The average molecular weight is 472 g/mol. The number of carbonyl (C=O) groups is 2. The first-order valence-corrected chi connectivity index (χ1v) is 10.8. The number of imide groups is 1. The molecule has 3 fully saturated rings. The Hall–Kier alpha value is -3.70. The molecule has 9 nitrogen and oxygen atoms in total. The molecule has 2 saturated carbocycles. The van der Waals surface area contributed by atoms with E-state index >= 15 is 0 Å². The van der Waals surface area contributed by atoms with Crippen molar-refractivity contribution in [3.8, 4) is 5.88 Å². The normalized spacial score (nSPS) is 26.8. The lowest BCUT2D eigenvalue weighted by Gasteiger charge is -2.34. The SMILES string of the molecule is O=C1CN(c2cncc(C(F)(F)F)c2)C(=O)N1C12CCC(Oc3ncnc4[nH]ccc34)(CC1)C2. The molecule has 1 aliphatic heterocycles. The Labute approximate surface area is 190 Å². The molecule has 1 saturated heterocycles. The number of carbonyl (C=O) groups excluding carboxylic acids is 2. The molecule has 0 radical (unpaired) electrons. The molecule has 3 aromatic heterocycles. The van der Waals surface area contributed by atoms with Gasteiger partial charge < -0.3 is 9.72 Å². The molecule has 6 rings (SSSR count). The molecule has 0 unspecified atom stereocenters. The first-order chi connectivity index (χ1) is 16.2. The maximum absolute atomic E-state index is 13.3. The number of urea groups is 1. The van der Waals surface area contributed by atoms with Crippen LogP contribution in [0.1, 0.15) is 37.7 Å². The summed E-state index contributed by atoms with van der Waals surface area (Å²) >= 11 is 0. The maximum Gasteiger partial charge on any atom is 0.417 e. The highest BCUT2D eigenvalue weighted by molar-refractivity contribution is 6.12. The number of halogens is 3. The summed E-state index contributed by atoms with van der Waals surface area (Å²) in [5, 5.41) is 0.748. The number of alkyl halides is 3. The van der Waals surface area contributed by atoms with Gasteiger partial charge in [0.1, 0.15) is 24.1 Å². The van der Waals surface area contributed by atoms with Crippen LogP contribution in [0.25, 0.3) is 11.0 Å². The van der Waals surface area contributed by atoms with Crippen molar-refractivity contribution in [3.05, 3.63) is 42.6 Å². The van der Waals surface area contributed by atoms with E-state index in [1.54, 1.807) is 6.20 Å². The summed E-state index contributed by atoms with van der Waals surface area (Å²) in [6.45, 7) is -0.326. The molecule has 176 valence electrons. The van der Waals surface area contributed by atoms with Gasteiger partial charge in [-0.3, -0.25) is 19.6 Å². The van der Waals surface area contributed by atoms with Crippen LogP contribution >= 0.6 is 0 Å². The van der Waals surface area contributed by atoms with Crippen LogP contribution in [-0.2, 0) is 11.0 Å². The van der Waals surface area contributed by atoms with Crippen LogP contribution in [-0.4, -0.2) is 54.5 Å². The number of hydrogen-bond acceptors (Lipinski definition) is 6. The second-order valence-electron chi connectivity index (χ2n) is 9.13. The van der Waals surface area contributed by atoms with E-state index < -0.39 is 34.8 Å². The Morgan fingerprint density at radius 1 is 1.09 bits per heavy atom. The maximum atomic E-state index is 13.3. The molecule has 12 heteroatoms. The van der Waals surface area contributed by atoms with Crippen molar-refractivity contribution in [3.63, 3.8) is 0 Å². The van der Waals surface area contributed by atoms with Gasteiger partial charge in [0, 0.05) is 18.8 Å². The predicted molar refractivity (Wildman–Crippen MR) is 112 cm³/mol. The average Bonchev–Trinajstić information content (AvgIpc) is 3.56. The van der Waals surface area contributed by atoms with Crippen LogP contribution < -0.4 is 9.64 Å². The number of hydrogen-bond donors (Lipinski definition) is 1. The molecule has 1 N–H and O–H groups in total. The Kier molecular flexibility index (Phi) is 4.24. The fourth-order valence-corrected chi connectivity index (χ4v) is 5.60. The smallest absolute Gasteiger partial charge is 0.417 e. The molecule has 3 amide bonds. The topological polar surface area (TPSA) is 104 Å². The van der Waals surface area contributed by atoms with Gasteiger partial charge in [-0.1, -0.05) is 0 Å². The summed E-state index contributed by atoms with van der Waals surface area (Å²) in [5.74, 6) is 0.00913. The van der Waals surface area contributed by atoms with Crippen LogP contribution in [0.15, 0.2) is 37.1 Å². The van der Waals surface area contributed by atoms with E-state index in [0.29, 0.717) is 49.8 Å². The number of nitrogens with one attached hydrogen (secondary N) is 1. The molecule has 0 spiro atoms. The van der Waals surface area contributed by atoms with Gasteiger partial charge in [0.25, 0.3) is 5.91 Å². The Morgan fingerprint density at radius 3 is 2.65 bits per heavy atom. The minimum absolute atomic E-state index is 0.0542. The van der Waals surface area contributed by atoms with Crippen LogP contribution in [0.2, 0.25) is 0 Å². The van der Waals surface area contributed by atoms with Gasteiger partial charge in [-0.15, -0.1) is 0 Å². The number of amides is 3. The van der Waals surface area contributed by atoms with Crippen molar-refractivity contribution < 1.29 is 27.5 Å². The first kappa shape index (κ1) is 20.9. The van der Waals surface area contributed by atoms with Gasteiger partial charge in [0.05, 0.1) is 28.4 Å². The molecule has 2 aliphatic carbocycles. The van der Waals surface area contributed by atoms with Gasteiger partial charge in [-0.25, -0.2) is 14.8 Å². The predicted octanol–water partition coefficient (Wildman–Crippen LogP) is 3.67. The summed E-state index contributed by atoms with van der Waals surface area (Å²) in [7, 11) is 0. The minimum Gasteiger partial charge on any atom is -0.470 e. The first-order valence-electron chi connectivity index (χ1n) is 10.8. The molecule has 0 atom stereocenters. The highest BCUT2D eigenvalue weighted by Crippen LogP contribution is 2.56. The summed E-state index contributed by atoms with van der Waals surface area (Å²) in [4.78, 5) is 43.7. The fraction of sp³-hybridized carbons (Fsp3) is 0.409. The van der Waals surface area contributed by atoms with Crippen molar-refractivity contribution in [2.24, 2.45) is 0 Å². The largest absolute Gasteiger partial charge is 0.470 e. The second-order valence-corrected chi connectivity index (χ2v) is 9.13. The number of aromatic amines is 1. The van der Waals surface area contributed by atoms with E-state index in [4.69, 9.17) is 4.74 Å². The van der Waals surface area contributed by atoms with Crippen LogP contribution in [0.4, 0.5) is 23.7 Å². The molecular formula is C22H19F3N6O3. The lowest BCUT2D eigenvalue weighted by Crippen LogP contribution is -2.49. The highest BCUT2D eigenvalue weighted by Gasteiger charge is 2.63. The zero-order chi connectivity index (χ0) is 23.7. The lowest BCUT2D eigenvalue weighted by atomic mass is 9.91. The number of aromatic nitrogens is 4. The standard InChI is InChI=1S/C22H19F3N6O3/c23-22(24,25)13-7-14(9-26-8-13)30-10-16(32)31(19(30)33)20-2-4-21(11-20,5-3-20)34-18-15-1-6-27-17(15)28-12-29-18/h1,6-9,12H,2-5,10-11H2,(H,27,28,29). The number of H-pyrrole nitrogens is 1. The van der Waals surface area contributed by atoms with Crippen LogP contribution in [0.5, 0.6) is 5.88 Å². The van der Waals surface area contributed by atoms with Gasteiger partial charge >= 0.3 is 12.2 Å². The number of pyridine rings is 1. The molecule has 34 heavy (non-hydrogen) atoms. The van der Waals surface area contributed by atoms with Gasteiger partial charge in [-0.2, -0.15) is 13.2 Å². The lowest BCUT2D eigenvalue weighted by molar-refractivity contribution is -0.137. The van der Waals surface area contributed by atoms with Crippen LogP contribution in [0, 0.1) is 0 Å². The van der Waals surface area contributed by atoms with Crippen molar-refractivity contribution >= 4 is 28.7 Å². The van der Waals surface area contributed by atoms with E-state index in [-0.39, 0.29) is 12.2 Å². The van der Waals surface area contributed by atoms with Gasteiger partial charge in [0.2, 0.25) is 5.88 Å². The molecule has 0 aromatic carbocycles. The highest BCUT2D eigenvalue weighted by atomic mass is 19.4. The number of rotatable bonds is 4. The van der Waals surface area contributed by atoms with E-state index in [9.17, 15) is 22.8 Å². The monoisotopic (exact) mass is 472 g/mol. The molecule has 3 aromatic rings. The van der Waals surface area contributed by atoms with Gasteiger partial charge in [-0.05, 0) is 37.8 Å². The number of anilines is 1. The zero-order valence-corrected chi connectivity index (χ0v) is 17.8. The fourth-order valence-electron chi connectivity index (χ4n) is 5.60. The Morgan fingerprint density at radius 2 is 1.88 bits per heavy atom. The van der Waals surface area contributed by atoms with Crippen molar-refractivity contribution in [1.82, 2.24) is 24.8 Å². The molecule has 3 aliphatic rings. The molecule has 4 heterocycles.